The molecule has 0 spiro atoms. The van der Waals surface area contributed by atoms with E-state index in [2.05, 4.69) is 35.4 Å². The zero-order valence-corrected chi connectivity index (χ0v) is 19.4. The maximum Gasteiger partial charge on any atom is 0.306 e. The number of thiazole rings is 1. The number of hydrogen-bond donors (Lipinski definition) is 2. The van der Waals surface area contributed by atoms with Crippen LogP contribution < -0.4 is 5.32 Å². The molecule has 170 valence electrons. The first kappa shape index (κ1) is 23.7. The summed E-state index contributed by atoms with van der Waals surface area (Å²) in [6, 6.07) is 6.41. The van der Waals surface area contributed by atoms with Crippen LogP contribution in [0.25, 0.3) is 10.2 Å². The summed E-state index contributed by atoms with van der Waals surface area (Å²) in [4.78, 5) is 29.4. The third-order valence-corrected chi connectivity index (χ3v) is 7.59. The van der Waals surface area contributed by atoms with Crippen LogP contribution in [-0.2, 0) is 27.2 Å². The molecule has 1 aromatic carbocycles. The quantitative estimate of drug-likeness (QED) is 0.465. The van der Waals surface area contributed by atoms with E-state index in [0.717, 1.165) is 55.5 Å². The monoisotopic (exact) mass is 446 g/mol. The second-order valence-electron chi connectivity index (χ2n) is 8.63. The Morgan fingerprint density at radius 2 is 2.10 bits per heavy atom. The first-order valence-corrected chi connectivity index (χ1v) is 12.2. The topological polar surface area (TPSA) is 88.5 Å². The van der Waals surface area contributed by atoms with Crippen LogP contribution in [-0.4, -0.2) is 42.2 Å². The number of hydrogen-bond acceptors (Lipinski definition) is 5. The number of ether oxygens (including phenoxy) is 1. The summed E-state index contributed by atoms with van der Waals surface area (Å²) in [5, 5.41) is 13.9. The number of aromatic nitrogens is 1. The number of carbonyl (C=O) groups is 2. The van der Waals surface area contributed by atoms with E-state index in [9.17, 15) is 14.7 Å². The Bertz CT molecular complexity index is 889. The number of carbonyl (C=O) groups excluding carboxylic acids is 1. The lowest BCUT2D eigenvalue weighted by atomic mass is 9.76. The zero-order chi connectivity index (χ0) is 22.3. The second kappa shape index (κ2) is 11.0. The summed E-state index contributed by atoms with van der Waals surface area (Å²) in [7, 11) is 1.58. The van der Waals surface area contributed by atoms with Gasteiger partial charge in [-0.15, -0.1) is 11.3 Å². The lowest BCUT2D eigenvalue weighted by Gasteiger charge is -2.30. The highest BCUT2D eigenvalue weighted by atomic mass is 32.1. The molecule has 0 bridgehead atoms. The van der Waals surface area contributed by atoms with Crippen LogP contribution in [0.3, 0.4) is 0 Å². The van der Waals surface area contributed by atoms with Crippen LogP contribution in [0.4, 0.5) is 0 Å². The van der Waals surface area contributed by atoms with Gasteiger partial charge in [-0.25, -0.2) is 4.98 Å². The molecule has 31 heavy (non-hydrogen) atoms. The van der Waals surface area contributed by atoms with E-state index in [1.165, 1.54) is 10.3 Å². The molecule has 1 heterocycles. The van der Waals surface area contributed by atoms with Crippen molar-refractivity contribution >= 4 is 33.4 Å². The van der Waals surface area contributed by atoms with Crippen LogP contribution in [0.2, 0.25) is 0 Å². The number of nitrogens with zero attached hydrogens (tertiary/aromatic N) is 1. The van der Waals surface area contributed by atoms with E-state index in [1.54, 1.807) is 18.4 Å². The molecule has 1 aliphatic rings. The molecule has 6 nitrogen and oxygen atoms in total. The van der Waals surface area contributed by atoms with Gasteiger partial charge in [-0.1, -0.05) is 25.8 Å². The van der Waals surface area contributed by atoms with Gasteiger partial charge in [0.05, 0.1) is 21.1 Å². The molecule has 2 aromatic rings. The number of methoxy groups -OCH3 is 1. The number of amides is 1. The molecule has 2 N–H and O–H groups in total. The van der Waals surface area contributed by atoms with E-state index in [1.807, 2.05) is 0 Å². The molecule has 0 radical (unpaired) electrons. The molecule has 0 aliphatic heterocycles. The fraction of sp³-hybridized carbons (Fsp3) is 0.625. The Labute approximate surface area is 188 Å². The molecule has 7 heteroatoms. The first-order valence-electron chi connectivity index (χ1n) is 11.4. The molecule has 0 saturated heterocycles. The van der Waals surface area contributed by atoms with E-state index in [4.69, 9.17) is 4.74 Å². The number of nitrogens with one attached hydrogen (secondary N) is 1. The molecule has 1 saturated carbocycles. The summed E-state index contributed by atoms with van der Waals surface area (Å²) in [6.07, 6.45) is 7.08. The molecule has 1 aromatic heterocycles. The normalized spacial score (nSPS) is 16.5. The van der Waals surface area contributed by atoms with Gasteiger partial charge < -0.3 is 15.2 Å². The first-order chi connectivity index (χ1) is 15.0. The number of aryl methyl sites for hydroxylation is 2. The predicted octanol–water partition coefficient (Wildman–Crippen LogP) is 4.60. The third kappa shape index (κ3) is 6.04. The summed E-state index contributed by atoms with van der Waals surface area (Å²) in [5.41, 5.74) is 1.77. The Balaban J connectivity index is 1.53. The van der Waals surface area contributed by atoms with Gasteiger partial charge in [0, 0.05) is 25.7 Å². The van der Waals surface area contributed by atoms with E-state index in [0.29, 0.717) is 26.0 Å². The van der Waals surface area contributed by atoms with Crippen molar-refractivity contribution < 1.29 is 19.4 Å². The minimum absolute atomic E-state index is 0.0270. The average molecular weight is 447 g/mol. The fourth-order valence-electron chi connectivity index (χ4n) is 4.63. The summed E-state index contributed by atoms with van der Waals surface area (Å²) < 4.78 is 6.29. The van der Waals surface area contributed by atoms with Crippen LogP contribution >= 0.6 is 11.3 Å². The highest BCUT2D eigenvalue weighted by Crippen LogP contribution is 2.44. The number of rotatable bonds is 12. The predicted molar refractivity (Wildman–Crippen MR) is 123 cm³/mol. The van der Waals surface area contributed by atoms with Gasteiger partial charge in [-0.3, -0.25) is 9.59 Å². The smallest absolute Gasteiger partial charge is 0.306 e. The van der Waals surface area contributed by atoms with Gasteiger partial charge in [0.1, 0.15) is 0 Å². The van der Waals surface area contributed by atoms with Crippen LogP contribution in [0, 0.1) is 11.3 Å². The molecule has 3 rings (SSSR count). The van der Waals surface area contributed by atoms with Crippen LogP contribution in [0.15, 0.2) is 18.2 Å². The maximum absolute atomic E-state index is 13.1. The Morgan fingerprint density at radius 1 is 1.32 bits per heavy atom. The van der Waals surface area contributed by atoms with Crippen molar-refractivity contribution in [3.05, 3.63) is 28.8 Å². The molecule has 1 fully saturated rings. The van der Waals surface area contributed by atoms with E-state index >= 15 is 0 Å². The van der Waals surface area contributed by atoms with Crippen molar-refractivity contribution in [3.63, 3.8) is 0 Å². The van der Waals surface area contributed by atoms with Crippen LogP contribution in [0.5, 0.6) is 0 Å². The molecule has 1 aliphatic carbocycles. The van der Waals surface area contributed by atoms with Gasteiger partial charge in [-0.05, 0) is 62.6 Å². The highest BCUT2D eigenvalue weighted by Gasteiger charge is 2.43. The maximum atomic E-state index is 13.1. The summed E-state index contributed by atoms with van der Waals surface area (Å²) in [5.74, 6) is -1.34. The van der Waals surface area contributed by atoms with Gasteiger partial charge >= 0.3 is 5.97 Å². The molecule has 1 unspecified atom stereocenters. The minimum Gasteiger partial charge on any atom is -0.481 e. The SMILES string of the molecule is CCc1nc2ccc(CCCNC(=O)C3(CC(CCOC)C(=O)O)CCCC3)cc2s1. The largest absolute Gasteiger partial charge is 0.481 e. The molecule has 1 atom stereocenters. The van der Waals surface area contributed by atoms with Crippen LogP contribution in [0.1, 0.15) is 62.4 Å². The van der Waals surface area contributed by atoms with Crippen molar-refractivity contribution in [2.75, 3.05) is 20.3 Å². The average Bonchev–Trinajstić information content (AvgIpc) is 3.40. The lowest BCUT2D eigenvalue weighted by molar-refractivity contribution is -0.145. The fourth-order valence-corrected chi connectivity index (χ4v) is 5.60. The zero-order valence-electron chi connectivity index (χ0n) is 18.6. The summed E-state index contributed by atoms with van der Waals surface area (Å²) in [6.45, 7) is 3.13. The highest BCUT2D eigenvalue weighted by molar-refractivity contribution is 7.18. The second-order valence-corrected chi connectivity index (χ2v) is 9.75. The molecule has 1 amide bonds. The van der Waals surface area contributed by atoms with Crippen molar-refractivity contribution in [2.45, 2.75) is 64.7 Å². The molecular weight excluding hydrogens is 412 g/mol. The standard InChI is InChI=1S/C24H34N2O4S/c1-3-21-26-19-9-8-17(15-20(19)31-21)7-6-13-25-23(29)24(11-4-5-12-24)16-18(22(27)28)10-14-30-2/h8-9,15,18H,3-7,10-14,16H2,1-2H3,(H,25,29)(H,27,28). The third-order valence-electron chi connectivity index (χ3n) is 6.43. The Morgan fingerprint density at radius 3 is 2.77 bits per heavy atom. The number of carboxylic acid groups (broad SMARTS) is 1. The van der Waals surface area contributed by atoms with Gasteiger partial charge in [0.2, 0.25) is 5.91 Å². The Kier molecular flexibility index (Phi) is 8.43. The van der Waals surface area contributed by atoms with Gasteiger partial charge in [0.25, 0.3) is 0 Å². The van der Waals surface area contributed by atoms with Crippen molar-refractivity contribution in [2.24, 2.45) is 11.3 Å². The van der Waals surface area contributed by atoms with E-state index in [-0.39, 0.29) is 5.91 Å². The summed E-state index contributed by atoms with van der Waals surface area (Å²) >= 11 is 1.75. The number of fused-ring (bicyclic) bond motifs is 1. The number of benzene rings is 1. The van der Waals surface area contributed by atoms with Gasteiger partial charge in [-0.2, -0.15) is 0 Å². The number of aliphatic carboxylic acids is 1. The number of carboxylic acids is 1. The minimum atomic E-state index is -0.833. The lowest BCUT2D eigenvalue weighted by Crippen LogP contribution is -2.42. The van der Waals surface area contributed by atoms with Crippen molar-refractivity contribution in [3.8, 4) is 0 Å². The van der Waals surface area contributed by atoms with Gasteiger partial charge in [0.15, 0.2) is 0 Å². The Hall–Kier alpha value is -1.99. The van der Waals surface area contributed by atoms with Crippen molar-refractivity contribution in [1.29, 1.82) is 0 Å². The molecular formula is C24H34N2O4S. The van der Waals surface area contributed by atoms with E-state index < -0.39 is 17.3 Å². The van der Waals surface area contributed by atoms with Crippen molar-refractivity contribution in [1.82, 2.24) is 10.3 Å².